The molecular weight excluding hydrogens is 452 g/mol. The van der Waals surface area contributed by atoms with Gasteiger partial charge in [-0.25, -0.2) is 8.42 Å². The number of aromatic nitrogens is 1. The third-order valence-corrected chi connectivity index (χ3v) is 7.41. The fraction of sp³-hybridized carbons (Fsp3) is 0.261. The Morgan fingerprint density at radius 3 is 2.71 bits per heavy atom. The molecule has 3 aromatic rings. The van der Waals surface area contributed by atoms with Crippen molar-refractivity contribution in [1.82, 2.24) is 0 Å². The molecule has 0 amide bonds. The summed E-state index contributed by atoms with van der Waals surface area (Å²) in [7, 11) is -4.23. The number of halogens is 1. The van der Waals surface area contributed by atoms with Crippen LogP contribution in [0.15, 0.2) is 58.5 Å². The Bertz CT molecular complexity index is 1290. The van der Waals surface area contributed by atoms with E-state index in [-0.39, 0.29) is 12.2 Å². The largest absolute Gasteiger partial charge is 0.748 e. The van der Waals surface area contributed by atoms with Crippen LogP contribution in [0.3, 0.4) is 0 Å². The van der Waals surface area contributed by atoms with E-state index in [0.717, 1.165) is 44.3 Å². The van der Waals surface area contributed by atoms with E-state index in [1.165, 1.54) is 0 Å². The monoisotopic (exact) mass is 474 g/mol. The van der Waals surface area contributed by atoms with E-state index in [1.54, 1.807) is 11.8 Å². The molecule has 0 radical (unpaired) electrons. The number of fused-ring (bicyclic) bond motifs is 2. The third kappa shape index (κ3) is 4.90. The number of anilines is 1. The van der Waals surface area contributed by atoms with Gasteiger partial charge in [0.2, 0.25) is 11.2 Å². The zero-order valence-corrected chi connectivity index (χ0v) is 19.7. The number of pyridine rings is 1. The minimum atomic E-state index is -4.23. The Hall–Kier alpha value is -2.06. The maximum Gasteiger partial charge on any atom is 0.213 e. The van der Waals surface area contributed by atoms with E-state index in [4.69, 9.17) is 11.6 Å². The van der Waals surface area contributed by atoms with Crippen LogP contribution in [0.5, 0.6) is 0 Å². The molecule has 5 nitrogen and oxygen atoms in total. The van der Waals surface area contributed by atoms with Gasteiger partial charge in [0, 0.05) is 45.8 Å². The molecule has 0 atom stereocenters. The molecule has 31 heavy (non-hydrogen) atoms. The van der Waals surface area contributed by atoms with Crippen LogP contribution in [0.4, 0.5) is 5.69 Å². The average molecular weight is 475 g/mol. The molecule has 0 spiro atoms. The summed E-state index contributed by atoms with van der Waals surface area (Å²) in [5.74, 6) is -0.367. The van der Waals surface area contributed by atoms with E-state index in [9.17, 15) is 13.0 Å². The minimum absolute atomic E-state index is 0.279. The summed E-state index contributed by atoms with van der Waals surface area (Å²) in [5.41, 5.74) is 4.33. The molecule has 0 aliphatic carbocycles. The number of benzene rings is 2. The lowest BCUT2D eigenvalue weighted by Crippen LogP contribution is -2.37. The highest BCUT2D eigenvalue weighted by Gasteiger charge is 2.26. The summed E-state index contributed by atoms with van der Waals surface area (Å²) < 4.78 is 35.5. The quantitative estimate of drug-likeness (QED) is 0.373. The van der Waals surface area contributed by atoms with Gasteiger partial charge in [-0.1, -0.05) is 29.4 Å². The normalized spacial score (nSPS) is 15.1. The summed E-state index contributed by atoms with van der Waals surface area (Å²) in [6.45, 7) is 5.40. The predicted molar refractivity (Wildman–Crippen MR) is 126 cm³/mol. The van der Waals surface area contributed by atoms with Crippen LogP contribution in [0, 0.1) is 6.92 Å². The molecule has 0 fully saturated rings. The Labute approximate surface area is 192 Å². The lowest BCUT2D eigenvalue weighted by molar-refractivity contribution is -0.669. The zero-order valence-electron chi connectivity index (χ0n) is 17.3. The second-order valence-corrected chi connectivity index (χ2v) is 10.6. The summed E-state index contributed by atoms with van der Waals surface area (Å²) in [4.78, 5) is 3.24. The molecule has 162 valence electrons. The Kier molecular flexibility index (Phi) is 6.30. The van der Waals surface area contributed by atoms with Crippen molar-refractivity contribution in [3.05, 3.63) is 69.8 Å². The fourth-order valence-electron chi connectivity index (χ4n) is 3.86. The lowest BCUT2D eigenvalue weighted by Gasteiger charge is -2.21. The molecule has 0 saturated carbocycles. The highest BCUT2D eigenvalue weighted by Crippen LogP contribution is 2.47. The average Bonchev–Trinajstić information content (AvgIpc) is 3.03. The van der Waals surface area contributed by atoms with Crippen molar-refractivity contribution in [2.45, 2.75) is 31.7 Å². The van der Waals surface area contributed by atoms with Crippen LogP contribution >= 0.6 is 23.4 Å². The molecule has 1 aliphatic rings. The summed E-state index contributed by atoms with van der Waals surface area (Å²) >= 11 is 7.82. The maximum atomic E-state index is 11.1. The number of thioether (sulfide) groups is 1. The first kappa shape index (κ1) is 22.1. The molecule has 0 bridgehead atoms. The number of rotatable bonds is 6. The van der Waals surface area contributed by atoms with Crippen LogP contribution in [-0.4, -0.2) is 25.3 Å². The van der Waals surface area contributed by atoms with Crippen molar-refractivity contribution in [3.8, 4) is 0 Å². The number of hydrogen-bond acceptors (Lipinski definition) is 5. The minimum Gasteiger partial charge on any atom is -0.748 e. The van der Waals surface area contributed by atoms with Crippen molar-refractivity contribution < 1.29 is 17.5 Å². The van der Waals surface area contributed by atoms with Crippen LogP contribution in [0.2, 0.25) is 5.02 Å². The summed E-state index contributed by atoms with van der Waals surface area (Å²) in [6.07, 6.45) is 2.41. The van der Waals surface area contributed by atoms with Crippen LogP contribution < -0.4 is 9.47 Å². The first-order valence-electron chi connectivity index (χ1n) is 10.1. The molecule has 4 rings (SSSR count). The highest BCUT2D eigenvalue weighted by atomic mass is 35.5. The highest BCUT2D eigenvalue weighted by molar-refractivity contribution is 8.03. The van der Waals surface area contributed by atoms with Crippen molar-refractivity contribution in [3.63, 3.8) is 0 Å². The van der Waals surface area contributed by atoms with Gasteiger partial charge >= 0.3 is 0 Å². The van der Waals surface area contributed by atoms with Gasteiger partial charge in [-0.05, 0) is 56.2 Å². The third-order valence-electron chi connectivity index (χ3n) is 5.28. The van der Waals surface area contributed by atoms with Crippen LogP contribution in [0.1, 0.15) is 24.6 Å². The standard InChI is InChI=1S/C23H23ClN2O3S2/c1-3-25-19(8-6-17-14-18(24)7-9-20(17)25)15-23-26(11-4-12-31(27,28)29)21-13-16(2)5-10-22(21)30-23/h5-10,13-15H,3-4,11-12H2,1-2H3. The van der Waals surface area contributed by atoms with Crippen molar-refractivity contribution in [2.75, 3.05) is 17.2 Å². The molecule has 1 aromatic heterocycles. The molecule has 0 unspecified atom stereocenters. The van der Waals surface area contributed by atoms with Gasteiger partial charge in [-0.3, -0.25) is 0 Å². The first-order valence-corrected chi connectivity index (χ1v) is 12.9. The second-order valence-electron chi connectivity index (χ2n) is 7.53. The Morgan fingerprint density at radius 1 is 1.16 bits per heavy atom. The SMILES string of the molecule is CC[n+]1c(/C=C2\Sc3ccc(C)cc3N2CCCS(=O)(=O)[O-])ccc2cc(Cl)ccc21. The van der Waals surface area contributed by atoms with Gasteiger partial charge in [0.25, 0.3) is 0 Å². The Morgan fingerprint density at radius 2 is 1.97 bits per heavy atom. The molecule has 1 aliphatic heterocycles. The number of hydrogen-bond donors (Lipinski definition) is 0. The second kappa shape index (κ2) is 8.82. The van der Waals surface area contributed by atoms with Crippen LogP contribution in [0.25, 0.3) is 17.0 Å². The molecule has 0 saturated heterocycles. The molecule has 8 heteroatoms. The van der Waals surface area contributed by atoms with E-state index < -0.39 is 10.1 Å². The predicted octanol–water partition coefficient (Wildman–Crippen LogP) is 4.96. The fourth-order valence-corrected chi connectivity index (χ4v) is 5.64. The van der Waals surface area contributed by atoms with Gasteiger partial charge < -0.3 is 9.45 Å². The topological polar surface area (TPSA) is 64.3 Å². The first-order chi connectivity index (χ1) is 14.7. The van der Waals surface area contributed by atoms with Gasteiger partial charge in [-0.2, -0.15) is 4.57 Å². The maximum absolute atomic E-state index is 11.1. The smallest absolute Gasteiger partial charge is 0.213 e. The molecule has 2 aromatic carbocycles. The molecular formula is C23H23ClN2O3S2. The lowest BCUT2D eigenvalue weighted by atomic mass is 10.1. The van der Waals surface area contributed by atoms with Crippen molar-refractivity contribution in [2.24, 2.45) is 0 Å². The molecule has 2 heterocycles. The Balaban J connectivity index is 1.75. The number of aryl methyl sites for hydroxylation is 2. The van der Waals surface area contributed by atoms with Crippen molar-refractivity contribution in [1.29, 1.82) is 0 Å². The zero-order chi connectivity index (χ0) is 22.2. The summed E-state index contributed by atoms with van der Waals surface area (Å²) in [6, 6.07) is 16.3. The van der Waals surface area contributed by atoms with E-state index in [0.29, 0.717) is 11.6 Å². The summed E-state index contributed by atoms with van der Waals surface area (Å²) in [5, 5.41) is 2.80. The number of nitrogens with zero attached hydrogens (tertiary/aromatic N) is 2. The van der Waals surface area contributed by atoms with Gasteiger partial charge in [-0.15, -0.1) is 0 Å². The van der Waals surface area contributed by atoms with E-state index >= 15 is 0 Å². The van der Waals surface area contributed by atoms with E-state index in [2.05, 4.69) is 52.8 Å². The van der Waals surface area contributed by atoms with Gasteiger partial charge in [0.15, 0.2) is 0 Å². The van der Waals surface area contributed by atoms with Crippen molar-refractivity contribution >= 4 is 56.1 Å². The van der Waals surface area contributed by atoms with E-state index in [1.807, 2.05) is 25.1 Å². The molecule has 0 N–H and O–H groups in total. The van der Waals surface area contributed by atoms with Crippen LogP contribution in [-0.2, 0) is 16.7 Å². The van der Waals surface area contributed by atoms with Gasteiger partial charge in [0.1, 0.15) is 6.54 Å². The van der Waals surface area contributed by atoms with Gasteiger partial charge in [0.05, 0.1) is 20.8 Å².